The highest BCUT2D eigenvalue weighted by Gasteiger charge is 2.36. The SMILES string of the molecule is CCCC1=C2C=CC3=C4C(=CC=C(C(O)=C1)C24)CC=C3. The second kappa shape index (κ2) is 4.24. The number of allylic oxidation sites excluding steroid dienone is 13. The number of hydrogen-bond acceptors (Lipinski definition) is 1. The summed E-state index contributed by atoms with van der Waals surface area (Å²) in [6.07, 6.45) is 18.3. The van der Waals surface area contributed by atoms with Crippen LogP contribution in [0.3, 0.4) is 0 Å². The molecule has 0 aromatic rings. The van der Waals surface area contributed by atoms with Crippen LogP contribution in [0.15, 0.2) is 81.7 Å². The first kappa shape index (κ1) is 11.8. The van der Waals surface area contributed by atoms with Crippen LogP contribution in [0.1, 0.15) is 26.2 Å². The predicted molar refractivity (Wildman–Crippen MR) is 82.2 cm³/mol. The van der Waals surface area contributed by atoms with Gasteiger partial charge in [-0.3, -0.25) is 0 Å². The number of hydrogen-bond donors (Lipinski definition) is 1. The highest BCUT2D eigenvalue weighted by molar-refractivity contribution is 5.68. The summed E-state index contributed by atoms with van der Waals surface area (Å²) in [5, 5.41) is 10.4. The van der Waals surface area contributed by atoms with Gasteiger partial charge in [0.15, 0.2) is 0 Å². The summed E-state index contributed by atoms with van der Waals surface area (Å²) >= 11 is 0. The van der Waals surface area contributed by atoms with Crippen molar-refractivity contribution in [2.24, 2.45) is 5.92 Å². The Morgan fingerprint density at radius 1 is 1.20 bits per heavy atom. The van der Waals surface area contributed by atoms with Crippen LogP contribution >= 0.6 is 0 Å². The van der Waals surface area contributed by atoms with Crippen LogP contribution in [0.4, 0.5) is 0 Å². The average molecular weight is 262 g/mol. The van der Waals surface area contributed by atoms with Crippen molar-refractivity contribution in [2.45, 2.75) is 26.2 Å². The van der Waals surface area contributed by atoms with Gasteiger partial charge in [-0.25, -0.2) is 0 Å². The lowest BCUT2D eigenvalue weighted by Crippen LogP contribution is -2.24. The van der Waals surface area contributed by atoms with Gasteiger partial charge in [0.2, 0.25) is 0 Å². The van der Waals surface area contributed by atoms with Gasteiger partial charge in [0.25, 0.3) is 0 Å². The first-order valence-corrected chi connectivity index (χ1v) is 7.43. The van der Waals surface area contributed by atoms with Gasteiger partial charge >= 0.3 is 0 Å². The first-order chi connectivity index (χ1) is 9.79. The summed E-state index contributed by atoms with van der Waals surface area (Å²) < 4.78 is 0. The molecule has 1 nitrogen and oxygen atoms in total. The minimum Gasteiger partial charge on any atom is -0.508 e. The Kier molecular flexibility index (Phi) is 2.50. The van der Waals surface area contributed by atoms with Crippen LogP contribution in [-0.2, 0) is 0 Å². The molecule has 0 aromatic heterocycles. The molecule has 4 aliphatic rings. The van der Waals surface area contributed by atoms with Gasteiger partial charge in [0.1, 0.15) is 5.76 Å². The fourth-order valence-corrected chi connectivity index (χ4v) is 3.74. The van der Waals surface area contributed by atoms with Gasteiger partial charge in [0.05, 0.1) is 0 Å². The van der Waals surface area contributed by atoms with Crippen LogP contribution in [0.5, 0.6) is 0 Å². The molecule has 0 spiro atoms. The number of rotatable bonds is 2. The van der Waals surface area contributed by atoms with Gasteiger partial charge in [-0.1, -0.05) is 49.8 Å². The van der Waals surface area contributed by atoms with E-state index in [0.29, 0.717) is 5.76 Å². The van der Waals surface area contributed by atoms with E-state index in [-0.39, 0.29) is 5.92 Å². The summed E-state index contributed by atoms with van der Waals surface area (Å²) in [5.41, 5.74) is 7.88. The Morgan fingerprint density at radius 2 is 2.10 bits per heavy atom. The zero-order chi connectivity index (χ0) is 13.7. The molecule has 0 heterocycles. The third-order valence-corrected chi connectivity index (χ3v) is 4.61. The van der Waals surface area contributed by atoms with Crippen LogP contribution < -0.4 is 0 Å². The Morgan fingerprint density at radius 3 is 2.95 bits per heavy atom. The maximum absolute atomic E-state index is 10.4. The van der Waals surface area contributed by atoms with Crippen molar-refractivity contribution in [2.75, 3.05) is 0 Å². The van der Waals surface area contributed by atoms with E-state index in [1.165, 1.54) is 27.9 Å². The maximum atomic E-state index is 10.4. The minimum atomic E-state index is 0.256. The van der Waals surface area contributed by atoms with Crippen molar-refractivity contribution in [3.8, 4) is 0 Å². The van der Waals surface area contributed by atoms with Gasteiger partial charge < -0.3 is 5.11 Å². The van der Waals surface area contributed by atoms with Gasteiger partial charge in [0, 0.05) is 11.5 Å². The van der Waals surface area contributed by atoms with E-state index >= 15 is 0 Å². The quantitative estimate of drug-likeness (QED) is 0.754. The van der Waals surface area contributed by atoms with Crippen LogP contribution in [0.25, 0.3) is 0 Å². The second-order valence-electron chi connectivity index (χ2n) is 5.82. The molecule has 1 N–H and O–H groups in total. The maximum Gasteiger partial charge on any atom is 0.120 e. The van der Waals surface area contributed by atoms with Crippen LogP contribution in [0, 0.1) is 5.92 Å². The summed E-state index contributed by atoms with van der Waals surface area (Å²) in [7, 11) is 0. The van der Waals surface area contributed by atoms with E-state index in [2.05, 4.69) is 43.4 Å². The molecule has 20 heavy (non-hydrogen) atoms. The summed E-state index contributed by atoms with van der Waals surface area (Å²) in [5.74, 6) is 0.709. The fourth-order valence-electron chi connectivity index (χ4n) is 3.74. The molecule has 0 aromatic carbocycles. The van der Waals surface area contributed by atoms with E-state index in [1.54, 1.807) is 0 Å². The topological polar surface area (TPSA) is 20.2 Å². The molecule has 0 saturated heterocycles. The lowest BCUT2D eigenvalue weighted by Gasteiger charge is -2.37. The largest absolute Gasteiger partial charge is 0.508 e. The van der Waals surface area contributed by atoms with Gasteiger partial charge in [-0.15, -0.1) is 0 Å². The molecular formula is C19H18O. The highest BCUT2D eigenvalue weighted by Crippen LogP contribution is 2.49. The lowest BCUT2D eigenvalue weighted by atomic mass is 9.67. The van der Waals surface area contributed by atoms with Crippen molar-refractivity contribution >= 4 is 0 Å². The van der Waals surface area contributed by atoms with E-state index in [4.69, 9.17) is 0 Å². The molecule has 0 saturated carbocycles. The van der Waals surface area contributed by atoms with Gasteiger partial charge in [-0.05, 0) is 46.8 Å². The van der Waals surface area contributed by atoms with Crippen molar-refractivity contribution in [1.82, 2.24) is 0 Å². The Hall–Kier alpha value is -2.02. The van der Waals surface area contributed by atoms with E-state index < -0.39 is 0 Å². The molecule has 0 bridgehead atoms. The summed E-state index contributed by atoms with van der Waals surface area (Å²) in [4.78, 5) is 0. The molecule has 0 aliphatic heterocycles. The number of aliphatic hydroxyl groups excluding tert-OH is 1. The smallest absolute Gasteiger partial charge is 0.120 e. The molecule has 4 aliphatic carbocycles. The van der Waals surface area contributed by atoms with Crippen molar-refractivity contribution < 1.29 is 5.11 Å². The Balaban J connectivity index is 1.96. The predicted octanol–water partition coefficient (Wildman–Crippen LogP) is 4.85. The molecular weight excluding hydrogens is 244 g/mol. The zero-order valence-corrected chi connectivity index (χ0v) is 11.7. The molecule has 1 heteroatoms. The first-order valence-electron chi connectivity index (χ1n) is 7.43. The summed E-state index contributed by atoms with van der Waals surface area (Å²) in [6, 6.07) is 0. The van der Waals surface area contributed by atoms with E-state index in [9.17, 15) is 5.11 Å². The summed E-state index contributed by atoms with van der Waals surface area (Å²) in [6.45, 7) is 2.19. The minimum absolute atomic E-state index is 0.256. The fraction of sp³-hybridized carbons (Fsp3) is 0.263. The molecule has 0 amide bonds. The highest BCUT2D eigenvalue weighted by atomic mass is 16.3. The van der Waals surface area contributed by atoms with Crippen LogP contribution in [-0.4, -0.2) is 5.11 Å². The zero-order valence-electron chi connectivity index (χ0n) is 11.7. The standard InChI is InChI=1S/C19H18O/c1-2-4-14-11-17(20)16-10-8-13-6-3-5-12-7-9-15(14)19(16)18(12)13/h3,5,7-11,19-20H,2,4,6H2,1H3. The molecule has 1 atom stereocenters. The third kappa shape index (κ3) is 1.49. The molecule has 100 valence electrons. The van der Waals surface area contributed by atoms with Crippen molar-refractivity contribution in [1.29, 1.82) is 0 Å². The lowest BCUT2D eigenvalue weighted by molar-refractivity contribution is 0.409. The monoisotopic (exact) mass is 262 g/mol. The normalized spacial score (nSPS) is 26.2. The Bertz CT molecular complexity index is 702. The van der Waals surface area contributed by atoms with Crippen molar-refractivity contribution in [3.63, 3.8) is 0 Å². The third-order valence-electron chi connectivity index (χ3n) is 4.61. The van der Waals surface area contributed by atoms with Gasteiger partial charge in [-0.2, -0.15) is 0 Å². The molecule has 0 radical (unpaired) electrons. The van der Waals surface area contributed by atoms with E-state index in [0.717, 1.165) is 24.8 Å². The van der Waals surface area contributed by atoms with Crippen molar-refractivity contribution in [3.05, 3.63) is 81.7 Å². The molecule has 4 rings (SSSR count). The second-order valence-corrected chi connectivity index (χ2v) is 5.82. The molecule has 0 fully saturated rings. The Labute approximate surface area is 119 Å². The molecule has 1 unspecified atom stereocenters. The average Bonchev–Trinajstić information content (AvgIpc) is 2.47. The van der Waals surface area contributed by atoms with Crippen LogP contribution in [0.2, 0.25) is 0 Å². The number of aliphatic hydroxyl groups is 1. The van der Waals surface area contributed by atoms with E-state index in [1.807, 2.05) is 6.08 Å².